The van der Waals surface area contributed by atoms with Crippen molar-refractivity contribution in [3.8, 4) is 0 Å². The highest BCUT2D eigenvalue weighted by Gasteiger charge is 2.18. The maximum absolute atomic E-state index is 11.8. The van der Waals surface area contributed by atoms with E-state index in [0.717, 1.165) is 53.6 Å². The van der Waals surface area contributed by atoms with Gasteiger partial charge in [0.05, 0.1) is 11.0 Å². The number of imidazole rings is 1. The van der Waals surface area contributed by atoms with Crippen LogP contribution in [0.3, 0.4) is 0 Å². The number of aryl methyl sites for hydroxylation is 1. The summed E-state index contributed by atoms with van der Waals surface area (Å²) in [4.78, 5) is 21.2. The Hall–Kier alpha value is -2.83. The zero-order valence-electron chi connectivity index (χ0n) is 18.7. The number of unbranched alkanes of at least 4 members (excludes halogenated alkanes) is 1. The Bertz CT molecular complexity index is 1030. The summed E-state index contributed by atoms with van der Waals surface area (Å²) in [5, 5.41) is 3.89. The standard InChI is InChI=1S/C23H33N5O2/c1-15(2)14-28-18(12-8-9-13-25-22(29)30-23(3,4)5)27-19-20(28)16-10-6-7-11-17(16)26-21(19)24/h6-7,10-11,15H,8-9,12-14H2,1-5H3,(H2,24,26)(H,25,29). The predicted molar refractivity (Wildman–Crippen MR) is 121 cm³/mol. The summed E-state index contributed by atoms with van der Waals surface area (Å²) in [5.74, 6) is 1.96. The van der Waals surface area contributed by atoms with Gasteiger partial charge in [-0.25, -0.2) is 14.8 Å². The number of ether oxygens (including phenoxy) is 1. The molecule has 0 aliphatic carbocycles. The van der Waals surface area contributed by atoms with Gasteiger partial charge in [-0.2, -0.15) is 0 Å². The lowest BCUT2D eigenvalue weighted by molar-refractivity contribution is 0.0527. The third-order valence-electron chi connectivity index (χ3n) is 4.73. The average Bonchev–Trinajstić information content (AvgIpc) is 2.99. The van der Waals surface area contributed by atoms with Crippen LogP contribution in [-0.4, -0.2) is 32.8 Å². The molecule has 3 aromatic rings. The molecule has 0 atom stereocenters. The molecule has 0 aliphatic heterocycles. The minimum Gasteiger partial charge on any atom is -0.444 e. The van der Waals surface area contributed by atoms with E-state index in [1.165, 1.54) is 0 Å². The van der Waals surface area contributed by atoms with Crippen molar-refractivity contribution in [2.45, 2.75) is 66.0 Å². The molecule has 0 radical (unpaired) electrons. The zero-order valence-corrected chi connectivity index (χ0v) is 18.7. The summed E-state index contributed by atoms with van der Waals surface area (Å²) in [6, 6.07) is 8.06. The molecule has 2 heterocycles. The molecule has 1 aromatic carbocycles. The number of nitrogens with one attached hydrogen (secondary N) is 1. The fourth-order valence-electron chi connectivity index (χ4n) is 3.57. The van der Waals surface area contributed by atoms with E-state index in [-0.39, 0.29) is 6.09 Å². The van der Waals surface area contributed by atoms with Crippen LogP contribution in [0.2, 0.25) is 0 Å². The monoisotopic (exact) mass is 411 g/mol. The Morgan fingerprint density at radius 2 is 1.93 bits per heavy atom. The van der Waals surface area contributed by atoms with Crippen LogP contribution in [0.5, 0.6) is 0 Å². The largest absolute Gasteiger partial charge is 0.444 e. The molecule has 0 saturated heterocycles. The van der Waals surface area contributed by atoms with Crippen LogP contribution in [0.4, 0.5) is 10.6 Å². The van der Waals surface area contributed by atoms with Crippen molar-refractivity contribution in [2.24, 2.45) is 5.92 Å². The number of rotatable bonds is 7. The molecule has 0 fully saturated rings. The van der Waals surface area contributed by atoms with Gasteiger partial charge in [0.25, 0.3) is 0 Å². The minimum absolute atomic E-state index is 0.375. The van der Waals surface area contributed by atoms with E-state index in [0.29, 0.717) is 18.3 Å². The average molecular weight is 412 g/mol. The molecule has 1 amide bonds. The molecule has 7 heteroatoms. The summed E-state index contributed by atoms with van der Waals surface area (Å²) in [7, 11) is 0. The van der Waals surface area contributed by atoms with Gasteiger partial charge in [0, 0.05) is 24.9 Å². The number of carbonyl (C=O) groups excluding carboxylic acids is 1. The van der Waals surface area contributed by atoms with Gasteiger partial charge < -0.3 is 20.4 Å². The van der Waals surface area contributed by atoms with E-state index in [9.17, 15) is 4.79 Å². The van der Waals surface area contributed by atoms with Gasteiger partial charge in [0.15, 0.2) is 5.82 Å². The van der Waals surface area contributed by atoms with Crippen molar-refractivity contribution in [2.75, 3.05) is 12.3 Å². The summed E-state index contributed by atoms with van der Waals surface area (Å²) in [5.41, 5.74) is 8.49. The van der Waals surface area contributed by atoms with Crippen molar-refractivity contribution >= 4 is 33.8 Å². The molecule has 0 unspecified atom stereocenters. The normalized spacial score (nSPS) is 12.1. The van der Waals surface area contributed by atoms with Gasteiger partial charge in [-0.3, -0.25) is 0 Å². The van der Waals surface area contributed by atoms with E-state index in [1.807, 2.05) is 39.0 Å². The van der Waals surface area contributed by atoms with Gasteiger partial charge in [-0.15, -0.1) is 0 Å². The van der Waals surface area contributed by atoms with Crippen LogP contribution < -0.4 is 11.1 Å². The van der Waals surface area contributed by atoms with Crippen LogP contribution >= 0.6 is 0 Å². The van der Waals surface area contributed by atoms with Gasteiger partial charge >= 0.3 is 6.09 Å². The van der Waals surface area contributed by atoms with Crippen molar-refractivity contribution in [1.82, 2.24) is 19.9 Å². The Morgan fingerprint density at radius 3 is 2.63 bits per heavy atom. The quantitative estimate of drug-likeness (QED) is 0.551. The highest BCUT2D eigenvalue weighted by atomic mass is 16.6. The van der Waals surface area contributed by atoms with Crippen LogP contribution in [0, 0.1) is 5.92 Å². The molecule has 3 N–H and O–H groups in total. The maximum Gasteiger partial charge on any atom is 0.407 e. The maximum atomic E-state index is 11.8. The molecule has 0 saturated carbocycles. The summed E-state index contributed by atoms with van der Waals surface area (Å²) >= 11 is 0. The van der Waals surface area contributed by atoms with Gasteiger partial charge in [-0.1, -0.05) is 32.0 Å². The first kappa shape index (κ1) is 21.9. The number of nitrogen functional groups attached to an aromatic ring is 1. The number of nitrogens with zero attached hydrogens (tertiary/aromatic N) is 3. The molecule has 162 valence electrons. The van der Waals surface area contributed by atoms with Gasteiger partial charge in [-0.05, 0) is 45.6 Å². The first-order chi connectivity index (χ1) is 14.2. The highest BCUT2D eigenvalue weighted by molar-refractivity contribution is 6.06. The van der Waals surface area contributed by atoms with Crippen LogP contribution in [0.25, 0.3) is 21.9 Å². The number of hydrogen-bond acceptors (Lipinski definition) is 5. The van der Waals surface area contributed by atoms with Crippen LogP contribution in [-0.2, 0) is 17.7 Å². The van der Waals surface area contributed by atoms with E-state index in [1.54, 1.807) is 0 Å². The number of alkyl carbamates (subject to hydrolysis) is 1. The first-order valence-electron chi connectivity index (χ1n) is 10.7. The lowest BCUT2D eigenvalue weighted by atomic mass is 10.1. The van der Waals surface area contributed by atoms with E-state index < -0.39 is 5.60 Å². The lowest BCUT2D eigenvalue weighted by Gasteiger charge is -2.19. The van der Waals surface area contributed by atoms with Crippen molar-refractivity contribution < 1.29 is 9.53 Å². The van der Waals surface area contributed by atoms with E-state index >= 15 is 0 Å². The van der Waals surface area contributed by atoms with Crippen LogP contribution in [0.15, 0.2) is 24.3 Å². The van der Waals surface area contributed by atoms with Crippen molar-refractivity contribution in [3.63, 3.8) is 0 Å². The SMILES string of the molecule is CC(C)Cn1c(CCCCNC(=O)OC(C)(C)C)nc2c(N)nc3ccccc3c21. The second kappa shape index (κ2) is 8.90. The molecule has 0 aliphatic rings. The molecule has 30 heavy (non-hydrogen) atoms. The Labute approximate surface area is 178 Å². The molecular formula is C23H33N5O2. The first-order valence-corrected chi connectivity index (χ1v) is 10.7. The minimum atomic E-state index is -0.484. The third kappa shape index (κ3) is 5.20. The summed E-state index contributed by atoms with van der Waals surface area (Å²) in [6.45, 7) is 11.4. The van der Waals surface area contributed by atoms with Crippen molar-refractivity contribution in [3.05, 3.63) is 30.1 Å². The third-order valence-corrected chi connectivity index (χ3v) is 4.73. The number of para-hydroxylation sites is 1. The highest BCUT2D eigenvalue weighted by Crippen LogP contribution is 2.29. The number of anilines is 1. The number of fused-ring (bicyclic) bond motifs is 3. The van der Waals surface area contributed by atoms with Crippen molar-refractivity contribution in [1.29, 1.82) is 0 Å². The fourth-order valence-corrected chi connectivity index (χ4v) is 3.57. The molecule has 0 spiro atoms. The van der Waals surface area contributed by atoms with E-state index in [4.69, 9.17) is 15.5 Å². The molecule has 2 aromatic heterocycles. The predicted octanol–water partition coefficient (Wildman–Crippen LogP) is 4.67. The lowest BCUT2D eigenvalue weighted by Crippen LogP contribution is -2.33. The van der Waals surface area contributed by atoms with Crippen LogP contribution in [0.1, 0.15) is 53.3 Å². The number of pyridine rings is 1. The number of hydrogen-bond donors (Lipinski definition) is 2. The van der Waals surface area contributed by atoms with Gasteiger partial charge in [0.1, 0.15) is 16.9 Å². The molecule has 3 rings (SSSR count). The molecular weight excluding hydrogens is 378 g/mol. The second-order valence-corrected chi connectivity index (χ2v) is 9.13. The summed E-state index contributed by atoms with van der Waals surface area (Å²) < 4.78 is 7.57. The zero-order chi connectivity index (χ0) is 21.9. The summed E-state index contributed by atoms with van der Waals surface area (Å²) in [6.07, 6.45) is 2.19. The fraction of sp³-hybridized carbons (Fsp3) is 0.522. The second-order valence-electron chi connectivity index (χ2n) is 9.13. The number of aromatic nitrogens is 3. The Morgan fingerprint density at radius 1 is 1.20 bits per heavy atom. The molecule has 0 bridgehead atoms. The number of nitrogens with two attached hydrogens (primary N) is 1. The number of benzene rings is 1. The molecule has 7 nitrogen and oxygen atoms in total. The smallest absolute Gasteiger partial charge is 0.407 e. The Balaban J connectivity index is 1.76. The number of carbonyl (C=O) groups is 1. The van der Waals surface area contributed by atoms with E-state index in [2.05, 4.69) is 34.8 Å². The topological polar surface area (TPSA) is 95.1 Å². The van der Waals surface area contributed by atoms with Gasteiger partial charge in [0.2, 0.25) is 0 Å². The Kier molecular flexibility index (Phi) is 6.48. The number of amides is 1.